The van der Waals surface area contributed by atoms with Crippen LogP contribution in [0, 0.1) is 6.92 Å². The van der Waals surface area contributed by atoms with Gasteiger partial charge < -0.3 is 5.73 Å². The Hall–Kier alpha value is -1.05. The van der Waals surface area contributed by atoms with Crippen molar-refractivity contribution in [1.29, 1.82) is 0 Å². The molecule has 64 valence electrons. The quantitative estimate of drug-likeness (QED) is 0.632. The monoisotopic (exact) mass is 162 g/mol. The van der Waals surface area contributed by atoms with Gasteiger partial charge in [-0.3, -0.25) is 0 Å². The van der Waals surface area contributed by atoms with Crippen LogP contribution < -0.4 is 5.73 Å². The lowest BCUT2D eigenvalue weighted by molar-refractivity contribution is 0.678. The van der Waals surface area contributed by atoms with E-state index in [1.165, 1.54) is 36.8 Å². The van der Waals surface area contributed by atoms with E-state index in [0.29, 0.717) is 5.82 Å². The Labute approximate surface area is 72.8 Å². The Bertz CT molecular complexity index is 305. The fraction of sp³-hybridized carbons (Fsp3) is 0.500. The molecule has 0 amide bonds. The SMILES string of the molecule is Cc1nc(N)cc2c1CCCC2. The van der Waals surface area contributed by atoms with Crippen LogP contribution >= 0.6 is 0 Å². The third-order valence-corrected chi connectivity index (χ3v) is 2.57. The first-order valence-electron chi connectivity index (χ1n) is 4.52. The zero-order valence-corrected chi connectivity index (χ0v) is 7.43. The van der Waals surface area contributed by atoms with Gasteiger partial charge in [0.1, 0.15) is 5.82 Å². The Morgan fingerprint density at radius 2 is 2.08 bits per heavy atom. The number of pyridine rings is 1. The molecule has 1 aliphatic carbocycles. The van der Waals surface area contributed by atoms with Crippen LogP contribution in [-0.4, -0.2) is 4.98 Å². The van der Waals surface area contributed by atoms with E-state index in [-0.39, 0.29) is 0 Å². The van der Waals surface area contributed by atoms with Gasteiger partial charge in [0.15, 0.2) is 0 Å². The highest BCUT2D eigenvalue weighted by Gasteiger charge is 2.12. The van der Waals surface area contributed by atoms with Crippen LogP contribution in [0.15, 0.2) is 6.07 Å². The predicted octanol–water partition coefficient (Wildman–Crippen LogP) is 1.85. The number of hydrogen-bond donors (Lipinski definition) is 1. The van der Waals surface area contributed by atoms with Gasteiger partial charge in [0.2, 0.25) is 0 Å². The number of aromatic nitrogens is 1. The standard InChI is InChI=1S/C10H14N2/c1-7-9-5-3-2-4-8(9)6-10(11)12-7/h6H,2-5H2,1H3,(H2,11,12). The molecule has 0 fully saturated rings. The predicted molar refractivity (Wildman–Crippen MR) is 50.0 cm³/mol. The zero-order valence-electron chi connectivity index (χ0n) is 7.43. The number of nitrogens with two attached hydrogens (primary N) is 1. The molecule has 0 aromatic carbocycles. The maximum absolute atomic E-state index is 5.67. The van der Waals surface area contributed by atoms with Gasteiger partial charge in [0, 0.05) is 5.69 Å². The number of nitrogen functional groups attached to an aromatic ring is 1. The Morgan fingerprint density at radius 1 is 1.33 bits per heavy atom. The molecule has 1 aromatic rings. The summed E-state index contributed by atoms with van der Waals surface area (Å²) in [5, 5.41) is 0. The summed E-state index contributed by atoms with van der Waals surface area (Å²) in [5.74, 6) is 0.674. The highest BCUT2D eigenvalue weighted by atomic mass is 14.8. The molecule has 0 saturated carbocycles. The van der Waals surface area contributed by atoms with E-state index < -0.39 is 0 Å². The summed E-state index contributed by atoms with van der Waals surface area (Å²) in [6, 6.07) is 2.03. The van der Waals surface area contributed by atoms with Gasteiger partial charge in [-0.1, -0.05) is 0 Å². The van der Waals surface area contributed by atoms with Crippen LogP contribution in [0.25, 0.3) is 0 Å². The first-order chi connectivity index (χ1) is 5.77. The number of nitrogens with zero attached hydrogens (tertiary/aromatic N) is 1. The fourth-order valence-corrected chi connectivity index (χ4v) is 1.97. The minimum atomic E-state index is 0.674. The molecule has 0 unspecified atom stereocenters. The molecular formula is C10H14N2. The van der Waals surface area contributed by atoms with E-state index in [1.807, 2.05) is 6.07 Å². The third-order valence-electron chi connectivity index (χ3n) is 2.57. The Kier molecular flexibility index (Phi) is 1.75. The third kappa shape index (κ3) is 1.17. The number of aryl methyl sites for hydroxylation is 2. The average molecular weight is 162 g/mol. The summed E-state index contributed by atoms with van der Waals surface area (Å²) in [5.41, 5.74) is 9.66. The van der Waals surface area contributed by atoms with Crippen molar-refractivity contribution in [3.05, 3.63) is 22.9 Å². The van der Waals surface area contributed by atoms with Gasteiger partial charge in [-0.15, -0.1) is 0 Å². The maximum Gasteiger partial charge on any atom is 0.123 e. The summed E-state index contributed by atoms with van der Waals surface area (Å²) in [6.07, 6.45) is 4.98. The van der Waals surface area contributed by atoms with Crippen molar-refractivity contribution < 1.29 is 0 Å². The van der Waals surface area contributed by atoms with E-state index in [1.54, 1.807) is 0 Å². The molecule has 1 aromatic heterocycles. The Morgan fingerprint density at radius 3 is 2.92 bits per heavy atom. The summed E-state index contributed by atoms with van der Waals surface area (Å²) in [4.78, 5) is 4.26. The molecule has 0 spiro atoms. The summed E-state index contributed by atoms with van der Waals surface area (Å²) in [6.45, 7) is 2.06. The van der Waals surface area contributed by atoms with Gasteiger partial charge in [-0.2, -0.15) is 0 Å². The van der Waals surface area contributed by atoms with Gasteiger partial charge in [0.25, 0.3) is 0 Å². The molecule has 1 heterocycles. The lowest BCUT2D eigenvalue weighted by Gasteiger charge is -2.17. The number of anilines is 1. The van der Waals surface area contributed by atoms with Crippen molar-refractivity contribution in [2.75, 3.05) is 5.73 Å². The maximum atomic E-state index is 5.67. The van der Waals surface area contributed by atoms with Gasteiger partial charge in [0.05, 0.1) is 0 Å². The van der Waals surface area contributed by atoms with Gasteiger partial charge in [-0.25, -0.2) is 4.98 Å². The number of rotatable bonds is 0. The van der Waals surface area contributed by atoms with Crippen LogP contribution in [0.2, 0.25) is 0 Å². The molecule has 0 bridgehead atoms. The van der Waals surface area contributed by atoms with Crippen molar-refractivity contribution in [3.63, 3.8) is 0 Å². The van der Waals surface area contributed by atoms with Crippen LogP contribution in [0.3, 0.4) is 0 Å². The normalized spacial score (nSPS) is 15.8. The van der Waals surface area contributed by atoms with E-state index >= 15 is 0 Å². The lowest BCUT2D eigenvalue weighted by Crippen LogP contribution is -2.08. The van der Waals surface area contributed by atoms with E-state index in [4.69, 9.17) is 5.73 Å². The molecule has 0 aliphatic heterocycles. The van der Waals surface area contributed by atoms with Crippen molar-refractivity contribution in [2.24, 2.45) is 0 Å². The molecule has 2 rings (SSSR count). The highest BCUT2D eigenvalue weighted by molar-refractivity contribution is 5.42. The summed E-state index contributed by atoms with van der Waals surface area (Å²) < 4.78 is 0. The fourth-order valence-electron chi connectivity index (χ4n) is 1.97. The zero-order chi connectivity index (χ0) is 8.55. The van der Waals surface area contributed by atoms with Crippen LogP contribution in [0.4, 0.5) is 5.82 Å². The molecule has 1 aliphatic rings. The number of hydrogen-bond acceptors (Lipinski definition) is 2. The summed E-state index contributed by atoms with van der Waals surface area (Å²) >= 11 is 0. The second-order valence-electron chi connectivity index (χ2n) is 3.48. The Balaban J connectivity index is 2.53. The first-order valence-corrected chi connectivity index (χ1v) is 4.52. The summed E-state index contributed by atoms with van der Waals surface area (Å²) in [7, 11) is 0. The van der Waals surface area contributed by atoms with Crippen molar-refractivity contribution in [1.82, 2.24) is 4.98 Å². The van der Waals surface area contributed by atoms with Crippen molar-refractivity contribution in [3.8, 4) is 0 Å². The molecular weight excluding hydrogens is 148 g/mol. The molecule has 0 saturated heterocycles. The van der Waals surface area contributed by atoms with Gasteiger partial charge >= 0.3 is 0 Å². The molecule has 2 nitrogen and oxygen atoms in total. The smallest absolute Gasteiger partial charge is 0.123 e. The van der Waals surface area contributed by atoms with Crippen molar-refractivity contribution in [2.45, 2.75) is 32.6 Å². The molecule has 12 heavy (non-hydrogen) atoms. The first kappa shape index (κ1) is 7.59. The number of fused-ring (bicyclic) bond motifs is 1. The minimum Gasteiger partial charge on any atom is -0.384 e. The average Bonchev–Trinajstić information content (AvgIpc) is 2.04. The second kappa shape index (κ2) is 2.77. The molecule has 2 heteroatoms. The topological polar surface area (TPSA) is 38.9 Å². The highest BCUT2D eigenvalue weighted by Crippen LogP contribution is 2.24. The van der Waals surface area contributed by atoms with E-state index in [2.05, 4.69) is 11.9 Å². The van der Waals surface area contributed by atoms with Gasteiger partial charge in [-0.05, 0) is 49.8 Å². The van der Waals surface area contributed by atoms with Crippen LogP contribution in [0.1, 0.15) is 29.7 Å². The lowest BCUT2D eigenvalue weighted by atomic mass is 9.91. The molecule has 0 atom stereocenters. The minimum absolute atomic E-state index is 0.674. The van der Waals surface area contributed by atoms with Crippen LogP contribution in [-0.2, 0) is 12.8 Å². The molecule has 2 N–H and O–H groups in total. The van der Waals surface area contributed by atoms with E-state index in [9.17, 15) is 0 Å². The second-order valence-corrected chi connectivity index (χ2v) is 3.48. The molecule has 0 radical (unpaired) electrons. The largest absolute Gasteiger partial charge is 0.384 e. The van der Waals surface area contributed by atoms with Crippen LogP contribution in [0.5, 0.6) is 0 Å². The van der Waals surface area contributed by atoms with Crippen molar-refractivity contribution >= 4 is 5.82 Å². The van der Waals surface area contributed by atoms with E-state index in [0.717, 1.165) is 5.69 Å².